The van der Waals surface area contributed by atoms with Crippen LogP contribution in [0.1, 0.15) is 31.9 Å². The maximum atomic E-state index is 12.4. The van der Waals surface area contributed by atoms with Gasteiger partial charge >= 0.3 is 0 Å². The van der Waals surface area contributed by atoms with Crippen LogP contribution >= 0.6 is 0 Å². The third-order valence-electron chi connectivity index (χ3n) is 4.11. The molecule has 27 heavy (non-hydrogen) atoms. The first-order valence-electron chi connectivity index (χ1n) is 8.85. The van der Waals surface area contributed by atoms with Crippen molar-refractivity contribution < 1.29 is 13.2 Å². The van der Waals surface area contributed by atoms with Crippen LogP contribution in [0.2, 0.25) is 0 Å². The summed E-state index contributed by atoms with van der Waals surface area (Å²) in [4.78, 5) is 12.6. The molecule has 0 spiro atoms. The molecule has 1 amide bonds. The van der Waals surface area contributed by atoms with Crippen LogP contribution in [0.25, 0.3) is 0 Å². The molecule has 2 rings (SSSR count). The third-order valence-corrected chi connectivity index (χ3v) is 5.78. The number of carbonyl (C=O) groups is 1. The summed E-state index contributed by atoms with van der Waals surface area (Å²) in [6.07, 6.45) is 0. The molecule has 0 bridgehead atoms. The summed E-state index contributed by atoms with van der Waals surface area (Å²) in [7, 11) is -3.54. The number of anilines is 2. The molecule has 0 unspecified atom stereocenters. The maximum absolute atomic E-state index is 12.4. The normalized spacial score (nSPS) is 12.7. The molecule has 2 aromatic carbocycles. The second-order valence-electron chi connectivity index (χ2n) is 6.95. The second-order valence-corrected chi connectivity index (χ2v) is 8.67. The SMILES string of the molecule is Cc1ccc(N[C@H](C)C(=O)Nc2ccc(S(=O)(=O)NC(C)C)cc2)cc1C. The Labute approximate surface area is 161 Å². The summed E-state index contributed by atoms with van der Waals surface area (Å²) in [6.45, 7) is 9.35. The number of nitrogens with one attached hydrogen (secondary N) is 3. The summed E-state index contributed by atoms with van der Waals surface area (Å²) in [5, 5.41) is 5.96. The van der Waals surface area contributed by atoms with Gasteiger partial charge in [0.2, 0.25) is 15.9 Å². The van der Waals surface area contributed by atoms with Gasteiger partial charge in [-0.2, -0.15) is 0 Å². The number of hydrogen-bond donors (Lipinski definition) is 3. The number of sulfonamides is 1. The molecule has 2 aromatic rings. The van der Waals surface area contributed by atoms with Crippen molar-refractivity contribution in [1.29, 1.82) is 0 Å². The Morgan fingerprint density at radius 1 is 0.889 bits per heavy atom. The number of benzene rings is 2. The van der Waals surface area contributed by atoms with E-state index in [2.05, 4.69) is 15.4 Å². The van der Waals surface area contributed by atoms with Gasteiger partial charge in [-0.3, -0.25) is 4.79 Å². The van der Waals surface area contributed by atoms with Crippen molar-refractivity contribution in [3.63, 3.8) is 0 Å². The van der Waals surface area contributed by atoms with Crippen LogP contribution < -0.4 is 15.4 Å². The minimum Gasteiger partial charge on any atom is -0.374 e. The van der Waals surface area contributed by atoms with Crippen LogP contribution in [-0.4, -0.2) is 26.4 Å². The average Bonchev–Trinajstić information content (AvgIpc) is 2.57. The van der Waals surface area contributed by atoms with E-state index in [1.54, 1.807) is 32.9 Å². The molecule has 3 N–H and O–H groups in total. The number of hydrogen-bond acceptors (Lipinski definition) is 4. The van der Waals surface area contributed by atoms with E-state index >= 15 is 0 Å². The number of rotatable bonds is 7. The molecular formula is C20H27N3O3S. The molecule has 0 radical (unpaired) electrons. The van der Waals surface area contributed by atoms with Crippen molar-refractivity contribution in [1.82, 2.24) is 4.72 Å². The van der Waals surface area contributed by atoms with Crippen LogP contribution in [0.5, 0.6) is 0 Å². The van der Waals surface area contributed by atoms with Gasteiger partial charge in [0.1, 0.15) is 6.04 Å². The molecule has 7 heteroatoms. The van der Waals surface area contributed by atoms with Gasteiger partial charge in [0.15, 0.2) is 0 Å². The van der Waals surface area contributed by atoms with Crippen molar-refractivity contribution in [3.05, 3.63) is 53.6 Å². The Hall–Kier alpha value is -2.38. The minimum atomic E-state index is -3.54. The summed E-state index contributed by atoms with van der Waals surface area (Å²) in [6, 6.07) is 11.4. The van der Waals surface area contributed by atoms with Gasteiger partial charge in [0.05, 0.1) is 4.90 Å². The smallest absolute Gasteiger partial charge is 0.246 e. The van der Waals surface area contributed by atoms with Crippen LogP contribution in [0.4, 0.5) is 11.4 Å². The van der Waals surface area contributed by atoms with Crippen molar-refractivity contribution in [2.24, 2.45) is 0 Å². The van der Waals surface area contributed by atoms with E-state index in [4.69, 9.17) is 0 Å². The van der Waals surface area contributed by atoms with E-state index in [0.717, 1.165) is 11.3 Å². The Kier molecular flexibility index (Phi) is 6.62. The maximum Gasteiger partial charge on any atom is 0.246 e. The van der Waals surface area contributed by atoms with E-state index in [1.165, 1.54) is 17.7 Å². The highest BCUT2D eigenvalue weighted by Crippen LogP contribution is 2.17. The van der Waals surface area contributed by atoms with Crippen molar-refractivity contribution in [2.45, 2.75) is 51.6 Å². The number of aryl methyl sites for hydroxylation is 2. The first-order valence-corrected chi connectivity index (χ1v) is 10.3. The van der Waals surface area contributed by atoms with E-state index in [9.17, 15) is 13.2 Å². The first-order chi connectivity index (χ1) is 12.6. The zero-order valence-electron chi connectivity index (χ0n) is 16.3. The zero-order chi connectivity index (χ0) is 20.2. The molecule has 0 heterocycles. The van der Waals surface area contributed by atoms with Crippen molar-refractivity contribution in [3.8, 4) is 0 Å². The van der Waals surface area contributed by atoms with Gasteiger partial charge in [-0.05, 0) is 82.1 Å². The van der Waals surface area contributed by atoms with Gasteiger partial charge in [0.25, 0.3) is 0 Å². The molecule has 0 saturated carbocycles. The van der Waals surface area contributed by atoms with E-state index in [1.807, 2.05) is 32.0 Å². The fraction of sp³-hybridized carbons (Fsp3) is 0.350. The Morgan fingerprint density at radius 2 is 1.48 bits per heavy atom. The highest BCUT2D eigenvalue weighted by molar-refractivity contribution is 7.89. The van der Waals surface area contributed by atoms with Gasteiger partial charge in [-0.15, -0.1) is 0 Å². The fourth-order valence-electron chi connectivity index (χ4n) is 2.49. The molecule has 0 aromatic heterocycles. The molecule has 6 nitrogen and oxygen atoms in total. The van der Waals surface area contributed by atoms with E-state index < -0.39 is 16.1 Å². The number of carbonyl (C=O) groups excluding carboxylic acids is 1. The number of amides is 1. The first kappa shape index (κ1) is 20.9. The summed E-state index contributed by atoms with van der Waals surface area (Å²) < 4.78 is 26.8. The summed E-state index contributed by atoms with van der Waals surface area (Å²) >= 11 is 0. The summed E-state index contributed by atoms with van der Waals surface area (Å²) in [5.74, 6) is -0.204. The van der Waals surface area contributed by atoms with Gasteiger partial charge in [-0.1, -0.05) is 6.07 Å². The summed E-state index contributed by atoms with van der Waals surface area (Å²) in [5.41, 5.74) is 3.76. The highest BCUT2D eigenvalue weighted by Gasteiger charge is 2.16. The average molecular weight is 390 g/mol. The molecule has 0 saturated heterocycles. The molecular weight excluding hydrogens is 362 g/mol. The minimum absolute atomic E-state index is 0.163. The lowest BCUT2D eigenvalue weighted by Gasteiger charge is -2.16. The largest absolute Gasteiger partial charge is 0.374 e. The quantitative estimate of drug-likeness (QED) is 0.677. The molecule has 0 aliphatic rings. The standard InChI is InChI=1S/C20H27N3O3S/c1-13(2)23-27(25,26)19-10-8-17(9-11-19)22-20(24)16(5)21-18-7-6-14(3)15(4)12-18/h6-13,16,21,23H,1-5H3,(H,22,24)/t16-/m1/s1. The van der Waals surface area contributed by atoms with Crippen LogP contribution in [0.15, 0.2) is 47.4 Å². The van der Waals surface area contributed by atoms with Gasteiger partial charge < -0.3 is 10.6 Å². The molecule has 1 atom stereocenters. The van der Waals surface area contributed by atoms with Gasteiger partial charge in [0, 0.05) is 17.4 Å². The van der Waals surface area contributed by atoms with Crippen molar-refractivity contribution in [2.75, 3.05) is 10.6 Å². The molecule has 0 aliphatic heterocycles. The predicted octanol–water partition coefficient (Wildman–Crippen LogP) is 3.43. The highest BCUT2D eigenvalue weighted by atomic mass is 32.2. The van der Waals surface area contributed by atoms with Gasteiger partial charge in [-0.25, -0.2) is 13.1 Å². The van der Waals surface area contributed by atoms with E-state index in [-0.39, 0.29) is 16.8 Å². The Bertz CT molecular complexity index is 907. The lowest BCUT2D eigenvalue weighted by molar-refractivity contribution is -0.116. The third kappa shape index (κ3) is 5.80. The van der Waals surface area contributed by atoms with Crippen LogP contribution in [-0.2, 0) is 14.8 Å². The monoisotopic (exact) mass is 389 g/mol. The zero-order valence-corrected chi connectivity index (χ0v) is 17.1. The molecule has 146 valence electrons. The lowest BCUT2D eigenvalue weighted by atomic mass is 10.1. The Balaban J connectivity index is 2.01. The van der Waals surface area contributed by atoms with Crippen molar-refractivity contribution >= 4 is 27.3 Å². The Morgan fingerprint density at radius 3 is 2.04 bits per heavy atom. The second kappa shape index (κ2) is 8.54. The fourth-order valence-corrected chi connectivity index (χ4v) is 3.74. The predicted molar refractivity (Wildman–Crippen MR) is 110 cm³/mol. The van der Waals surface area contributed by atoms with Crippen LogP contribution in [0.3, 0.4) is 0 Å². The molecule has 0 fully saturated rings. The molecule has 0 aliphatic carbocycles. The van der Waals surface area contributed by atoms with E-state index in [0.29, 0.717) is 5.69 Å². The topological polar surface area (TPSA) is 87.3 Å². The lowest BCUT2D eigenvalue weighted by Crippen LogP contribution is -2.32. The van der Waals surface area contributed by atoms with Crippen LogP contribution in [0, 0.1) is 13.8 Å².